The molecule has 1 aliphatic heterocycles. The first-order valence-corrected chi connectivity index (χ1v) is 9.29. The molecule has 1 saturated heterocycles. The maximum Gasteiger partial charge on any atom is 0.320 e. The number of H-pyrrole nitrogens is 1. The summed E-state index contributed by atoms with van der Waals surface area (Å²) in [6.45, 7) is 0.793. The molecule has 0 unspecified atom stereocenters. The van der Waals surface area contributed by atoms with Crippen LogP contribution < -0.4 is 15.4 Å². The number of nitrogens with zero attached hydrogens (tertiary/aromatic N) is 3. The number of carbonyl (C=O) groups is 1. The zero-order chi connectivity index (χ0) is 18.8. The van der Waals surface area contributed by atoms with Crippen molar-refractivity contribution in [1.29, 1.82) is 0 Å². The van der Waals surface area contributed by atoms with E-state index in [-0.39, 0.29) is 18.4 Å². The van der Waals surface area contributed by atoms with Gasteiger partial charge in [0.25, 0.3) is 0 Å². The van der Waals surface area contributed by atoms with Gasteiger partial charge in [-0.1, -0.05) is 6.07 Å². The Morgan fingerprint density at radius 2 is 2.14 bits per heavy atom. The molecule has 4 rings (SSSR count). The Kier molecular flexibility index (Phi) is 6.35. The fourth-order valence-electron chi connectivity index (χ4n) is 4.42. The minimum Gasteiger partial charge on any atom is -0.496 e. The number of fused-ring (bicyclic) bond motifs is 1. The third kappa shape index (κ3) is 4.05. The summed E-state index contributed by atoms with van der Waals surface area (Å²) >= 11 is 0. The van der Waals surface area contributed by atoms with Gasteiger partial charge in [-0.2, -0.15) is 5.21 Å². The standard InChI is InChI=1S/C18H24N6O3.ClH/c1-27-15-4-2-3-13(16(15)17-21-23-24-22-17)20-12-6-5-10-9-19-14(18(25)26)8-11(10)7-12;/h2-4,10-12,14,19-20H,5-9H2,1H3,(H,25,26)(H,21,22,23,24);1H/t10-,11+,12-,14-;/m0./s1. The third-order valence-corrected chi connectivity index (χ3v) is 5.78. The molecule has 28 heavy (non-hydrogen) atoms. The minimum absolute atomic E-state index is 0. The second kappa shape index (κ2) is 8.74. The molecule has 1 aromatic heterocycles. The number of tetrazole rings is 1. The highest BCUT2D eigenvalue weighted by Crippen LogP contribution is 2.39. The summed E-state index contributed by atoms with van der Waals surface area (Å²) in [6.07, 6.45) is 3.78. The first-order chi connectivity index (χ1) is 13.2. The number of aromatic amines is 1. The molecule has 152 valence electrons. The van der Waals surface area contributed by atoms with Crippen LogP contribution in [-0.4, -0.2) is 57.4 Å². The number of aromatic nitrogens is 4. The molecule has 0 radical (unpaired) electrons. The topological polar surface area (TPSA) is 125 Å². The Bertz CT molecular complexity index is 803. The van der Waals surface area contributed by atoms with Gasteiger partial charge in [0.05, 0.1) is 12.7 Å². The fraction of sp³-hybridized carbons (Fsp3) is 0.556. The molecular weight excluding hydrogens is 384 g/mol. The maximum atomic E-state index is 11.3. The average molecular weight is 409 g/mol. The lowest BCUT2D eigenvalue weighted by molar-refractivity contribution is -0.141. The van der Waals surface area contributed by atoms with Crippen LogP contribution in [0.5, 0.6) is 5.75 Å². The van der Waals surface area contributed by atoms with E-state index in [1.54, 1.807) is 7.11 Å². The molecule has 1 aromatic carbocycles. The Balaban J connectivity index is 0.00000225. The molecule has 0 spiro atoms. The van der Waals surface area contributed by atoms with Crippen LogP contribution in [0.1, 0.15) is 25.7 Å². The molecular formula is C18H25ClN6O3. The molecule has 1 saturated carbocycles. The predicted octanol–water partition coefficient (Wildman–Crippen LogP) is 1.94. The highest BCUT2D eigenvalue weighted by molar-refractivity contribution is 5.85. The lowest BCUT2D eigenvalue weighted by Crippen LogP contribution is -2.50. The van der Waals surface area contributed by atoms with Gasteiger partial charge in [0.15, 0.2) is 0 Å². The molecule has 1 aliphatic carbocycles. The van der Waals surface area contributed by atoms with Crippen LogP contribution in [0.2, 0.25) is 0 Å². The van der Waals surface area contributed by atoms with Gasteiger partial charge in [-0.15, -0.1) is 22.6 Å². The van der Waals surface area contributed by atoms with E-state index in [1.807, 2.05) is 18.2 Å². The van der Waals surface area contributed by atoms with Crippen LogP contribution in [0.4, 0.5) is 5.69 Å². The van der Waals surface area contributed by atoms with Crippen molar-refractivity contribution in [3.8, 4) is 17.1 Å². The number of halogens is 1. The van der Waals surface area contributed by atoms with Crippen molar-refractivity contribution in [3.63, 3.8) is 0 Å². The van der Waals surface area contributed by atoms with Gasteiger partial charge in [0.2, 0.25) is 5.82 Å². The number of benzene rings is 1. The number of methoxy groups -OCH3 is 1. The second-order valence-corrected chi connectivity index (χ2v) is 7.33. The number of anilines is 1. The van der Waals surface area contributed by atoms with E-state index in [4.69, 9.17) is 4.74 Å². The summed E-state index contributed by atoms with van der Waals surface area (Å²) in [5.41, 5.74) is 1.69. The van der Waals surface area contributed by atoms with Gasteiger partial charge in [-0.05, 0) is 61.4 Å². The highest BCUT2D eigenvalue weighted by Gasteiger charge is 2.37. The van der Waals surface area contributed by atoms with Crippen molar-refractivity contribution >= 4 is 24.1 Å². The summed E-state index contributed by atoms with van der Waals surface area (Å²) in [5, 5.41) is 30.4. The van der Waals surface area contributed by atoms with Gasteiger partial charge < -0.3 is 20.5 Å². The molecule has 2 fully saturated rings. The van der Waals surface area contributed by atoms with Gasteiger partial charge >= 0.3 is 5.97 Å². The molecule has 2 aliphatic rings. The number of hydrogen-bond acceptors (Lipinski definition) is 7. The quantitative estimate of drug-likeness (QED) is 0.591. The predicted molar refractivity (Wildman–Crippen MR) is 106 cm³/mol. The number of carboxylic acid groups (broad SMARTS) is 1. The minimum atomic E-state index is -0.754. The number of ether oxygens (including phenoxy) is 1. The van der Waals surface area contributed by atoms with Gasteiger partial charge in [0.1, 0.15) is 11.8 Å². The normalized spacial score (nSPS) is 26.6. The molecule has 0 bridgehead atoms. The van der Waals surface area contributed by atoms with Crippen LogP contribution in [-0.2, 0) is 4.79 Å². The van der Waals surface area contributed by atoms with Crippen molar-refractivity contribution in [2.75, 3.05) is 19.0 Å². The smallest absolute Gasteiger partial charge is 0.320 e. The van der Waals surface area contributed by atoms with Crippen molar-refractivity contribution in [2.24, 2.45) is 11.8 Å². The summed E-state index contributed by atoms with van der Waals surface area (Å²) in [7, 11) is 1.62. The zero-order valence-electron chi connectivity index (χ0n) is 15.6. The Morgan fingerprint density at radius 3 is 2.86 bits per heavy atom. The lowest BCUT2D eigenvalue weighted by atomic mass is 9.72. The van der Waals surface area contributed by atoms with E-state index in [1.165, 1.54) is 0 Å². The highest BCUT2D eigenvalue weighted by atomic mass is 35.5. The first-order valence-electron chi connectivity index (χ1n) is 9.29. The monoisotopic (exact) mass is 408 g/mol. The van der Waals surface area contributed by atoms with Gasteiger partial charge in [0, 0.05) is 11.7 Å². The summed E-state index contributed by atoms with van der Waals surface area (Å²) in [6, 6.07) is 5.63. The van der Waals surface area contributed by atoms with E-state index in [9.17, 15) is 9.90 Å². The number of aliphatic carboxylic acids is 1. The molecule has 2 aromatic rings. The first kappa shape index (κ1) is 20.3. The summed E-state index contributed by atoms with van der Waals surface area (Å²) < 4.78 is 5.49. The number of carboxylic acids is 1. The molecule has 4 atom stereocenters. The lowest BCUT2D eigenvalue weighted by Gasteiger charge is -2.42. The summed E-state index contributed by atoms with van der Waals surface area (Å²) in [4.78, 5) is 11.3. The van der Waals surface area contributed by atoms with E-state index < -0.39 is 12.0 Å². The van der Waals surface area contributed by atoms with Crippen LogP contribution in [0.3, 0.4) is 0 Å². The van der Waals surface area contributed by atoms with E-state index in [0.717, 1.165) is 37.1 Å². The number of rotatable bonds is 5. The maximum absolute atomic E-state index is 11.3. The van der Waals surface area contributed by atoms with Crippen LogP contribution in [0, 0.1) is 11.8 Å². The molecule has 10 heteroatoms. The molecule has 4 N–H and O–H groups in total. The fourth-order valence-corrected chi connectivity index (χ4v) is 4.42. The molecule has 0 amide bonds. The van der Waals surface area contributed by atoms with Crippen LogP contribution in [0.15, 0.2) is 18.2 Å². The molecule has 2 heterocycles. The largest absolute Gasteiger partial charge is 0.496 e. The van der Waals surface area contributed by atoms with Crippen LogP contribution >= 0.6 is 12.4 Å². The van der Waals surface area contributed by atoms with Crippen molar-refractivity contribution in [3.05, 3.63) is 18.2 Å². The van der Waals surface area contributed by atoms with Gasteiger partial charge in [-0.3, -0.25) is 4.79 Å². The third-order valence-electron chi connectivity index (χ3n) is 5.78. The zero-order valence-corrected chi connectivity index (χ0v) is 16.4. The second-order valence-electron chi connectivity index (χ2n) is 7.33. The van der Waals surface area contributed by atoms with Crippen molar-refractivity contribution < 1.29 is 14.6 Å². The van der Waals surface area contributed by atoms with E-state index in [2.05, 4.69) is 31.3 Å². The summed E-state index contributed by atoms with van der Waals surface area (Å²) in [5.74, 6) is 1.38. The Hall–Kier alpha value is -2.39. The van der Waals surface area contributed by atoms with Crippen molar-refractivity contribution in [1.82, 2.24) is 25.9 Å². The average Bonchev–Trinajstić information content (AvgIpc) is 3.21. The molecule has 9 nitrogen and oxygen atoms in total. The Labute approximate surface area is 169 Å². The number of nitrogens with one attached hydrogen (secondary N) is 3. The number of piperidine rings is 1. The van der Waals surface area contributed by atoms with Gasteiger partial charge in [-0.25, -0.2) is 0 Å². The van der Waals surface area contributed by atoms with Crippen molar-refractivity contribution in [2.45, 2.75) is 37.8 Å². The van der Waals surface area contributed by atoms with E-state index >= 15 is 0 Å². The SMILES string of the molecule is COc1cccc(N[C@H]2CC[C@H]3CN[C@H](C(=O)O)C[C@H]3C2)c1-c1nn[nH]n1.Cl. The Morgan fingerprint density at radius 1 is 1.29 bits per heavy atom. The van der Waals surface area contributed by atoms with Crippen LogP contribution in [0.25, 0.3) is 11.4 Å². The number of hydrogen-bond donors (Lipinski definition) is 4. The van der Waals surface area contributed by atoms with E-state index in [0.29, 0.717) is 29.8 Å².